The van der Waals surface area contributed by atoms with Gasteiger partial charge in [-0.1, -0.05) is 12.1 Å². The molecule has 5 rings (SSSR count). The summed E-state index contributed by atoms with van der Waals surface area (Å²) >= 11 is 0. The molecule has 0 aromatic heterocycles. The maximum absolute atomic E-state index is 13.4. The number of hydrogen-bond donors (Lipinski definition) is 2. The molecule has 0 amide bonds. The van der Waals surface area contributed by atoms with Crippen molar-refractivity contribution in [3.8, 4) is 17.2 Å². The Morgan fingerprint density at radius 3 is 2.72 bits per heavy atom. The van der Waals surface area contributed by atoms with Crippen LogP contribution in [0.4, 0.5) is 14.5 Å². The van der Waals surface area contributed by atoms with Crippen LogP contribution >= 0.6 is 0 Å². The first kappa shape index (κ1) is 20.8. The number of halogens is 2. The number of aliphatic carboxylic acids is 1. The van der Waals surface area contributed by atoms with Crippen LogP contribution in [0.3, 0.4) is 0 Å². The third-order valence-corrected chi connectivity index (χ3v) is 6.19. The Bertz CT molecular complexity index is 1100. The summed E-state index contributed by atoms with van der Waals surface area (Å²) in [7, 11) is 0. The number of nitrogens with zero attached hydrogens (tertiary/aromatic N) is 1. The van der Waals surface area contributed by atoms with Gasteiger partial charge in [0.05, 0.1) is 11.3 Å². The zero-order chi connectivity index (χ0) is 22.4. The van der Waals surface area contributed by atoms with E-state index in [0.29, 0.717) is 17.0 Å². The SMILES string of the molecule is CC1NCCc2ccc(Oc3ccc4c(c3OC(F)F)N(C3CC3)C=C(C(=O)O)C4)cc21. The van der Waals surface area contributed by atoms with Gasteiger partial charge < -0.3 is 24.8 Å². The number of rotatable bonds is 6. The molecular formula is C24H24F2N2O4. The van der Waals surface area contributed by atoms with Crippen LogP contribution in [0.1, 0.15) is 42.5 Å². The van der Waals surface area contributed by atoms with Crippen LogP contribution in [0.2, 0.25) is 0 Å². The van der Waals surface area contributed by atoms with E-state index in [4.69, 9.17) is 9.47 Å². The fraction of sp³-hybridized carbons (Fsp3) is 0.375. The maximum Gasteiger partial charge on any atom is 0.387 e. The lowest BCUT2D eigenvalue weighted by Gasteiger charge is -2.31. The lowest BCUT2D eigenvalue weighted by atomic mass is 9.95. The number of carboxylic acids is 1. The Morgan fingerprint density at radius 2 is 2.00 bits per heavy atom. The topological polar surface area (TPSA) is 71.0 Å². The van der Waals surface area contributed by atoms with Crippen LogP contribution in [-0.2, 0) is 17.6 Å². The summed E-state index contributed by atoms with van der Waals surface area (Å²) in [4.78, 5) is 13.3. The third kappa shape index (κ3) is 3.90. The summed E-state index contributed by atoms with van der Waals surface area (Å²) < 4.78 is 37.9. The molecule has 1 fully saturated rings. The first-order chi connectivity index (χ1) is 15.4. The minimum Gasteiger partial charge on any atom is -0.478 e. The van der Waals surface area contributed by atoms with Gasteiger partial charge in [0.25, 0.3) is 0 Å². The Hall–Kier alpha value is -3.13. The van der Waals surface area contributed by atoms with Gasteiger partial charge in [0.15, 0.2) is 11.5 Å². The molecule has 2 aromatic carbocycles. The van der Waals surface area contributed by atoms with Crippen molar-refractivity contribution in [3.05, 3.63) is 58.8 Å². The van der Waals surface area contributed by atoms with Crippen molar-refractivity contribution in [2.45, 2.75) is 51.3 Å². The quantitative estimate of drug-likeness (QED) is 0.671. The summed E-state index contributed by atoms with van der Waals surface area (Å²) in [6.07, 6.45) is 4.31. The van der Waals surface area contributed by atoms with Crippen molar-refractivity contribution in [1.29, 1.82) is 0 Å². The first-order valence-corrected chi connectivity index (χ1v) is 10.8. The van der Waals surface area contributed by atoms with Gasteiger partial charge in [-0.05, 0) is 67.6 Å². The van der Waals surface area contributed by atoms with Crippen molar-refractivity contribution in [2.24, 2.45) is 0 Å². The molecule has 3 aliphatic rings. The molecule has 2 aromatic rings. The maximum atomic E-state index is 13.4. The van der Waals surface area contributed by atoms with Gasteiger partial charge >= 0.3 is 12.6 Å². The smallest absolute Gasteiger partial charge is 0.387 e. The molecule has 0 saturated heterocycles. The molecule has 1 unspecified atom stereocenters. The van der Waals surface area contributed by atoms with E-state index in [1.165, 1.54) is 11.8 Å². The first-order valence-electron chi connectivity index (χ1n) is 10.8. The zero-order valence-electron chi connectivity index (χ0n) is 17.6. The Labute approximate surface area is 184 Å². The van der Waals surface area contributed by atoms with Crippen LogP contribution in [0.25, 0.3) is 0 Å². The van der Waals surface area contributed by atoms with Crippen LogP contribution < -0.4 is 19.7 Å². The van der Waals surface area contributed by atoms with Crippen LogP contribution in [0.5, 0.6) is 17.2 Å². The minimum atomic E-state index is -3.04. The number of carbonyl (C=O) groups is 1. The molecular weight excluding hydrogens is 418 g/mol. The Kier molecular flexibility index (Phi) is 5.25. The summed E-state index contributed by atoms with van der Waals surface area (Å²) in [6.45, 7) is -0.0529. The van der Waals surface area contributed by atoms with Gasteiger partial charge in [0.1, 0.15) is 5.75 Å². The minimum absolute atomic E-state index is 0.0611. The Balaban J connectivity index is 1.56. The van der Waals surface area contributed by atoms with Crippen molar-refractivity contribution in [2.75, 3.05) is 11.4 Å². The van der Waals surface area contributed by atoms with Gasteiger partial charge in [-0.2, -0.15) is 8.78 Å². The standard InChI is InChI=1S/C24H24F2N2O4/c1-13-19-11-18(6-2-14(19)8-9-27-13)31-20-7-3-15-10-16(23(29)30)12-28(17-4-5-17)21(15)22(20)32-24(25)26/h2-3,6-7,11-13,17,24,27H,4-5,8-10H2,1H3,(H,29,30). The Morgan fingerprint density at radius 1 is 1.22 bits per heavy atom. The molecule has 1 aliphatic carbocycles. The number of nitrogens with one attached hydrogen (secondary N) is 1. The average Bonchev–Trinajstić information content (AvgIpc) is 3.60. The summed E-state index contributed by atoms with van der Waals surface area (Å²) in [6, 6.07) is 9.32. The molecule has 32 heavy (non-hydrogen) atoms. The molecule has 0 radical (unpaired) electrons. The molecule has 2 N–H and O–H groups in total. The van der Waals surface area contributed by atoms with Crippen molar-refractivity contribution >= 4 is 11.7 Å². The van der Waals surface area contributed by atoms with Crippen molar-refractivity contribution in [3.63, 3.8) is 0 Å². The number of alkyl halides is 2. The van der Waals surface area contributed by atoms with Crippen LogP contribution in [0.15, 0.2) is 42.1 Å². The van der Waals surface area contributed by atoms with Gasteiger partial charge in [0.2, 0.25) is 0 Å². The van der Waals surface area contributed by atoms with E-state index in [-0.39, 0.29) is 35.6 Å². The van der Waals surface area contributed by atoms with E-state index in [1.54, 1.807) is 17.0 Å². The van der Waals surface area contributed by atoms with E-state index in [9.17, 15) is 18.7 Å². The summed E-state index contributed by atoms with van der Waals surface area (Å²) in [5.41, 5.74) is 3.67. The third-order valence-electron chi connectivity index (χ3n) is 6.19. The largest absolute Gasteiger partial charge is 0.478 e. The predicted molar refractivity (Wildman–Crippen MR) is 115 cm³/mol. The molecule has 1 atom stereocenters. The van der Waals surface area contributed by atoms with Gasteiger partial charge in [-0.15, -0.1) is 0 Å². The molecule has 0 bridgehead atoms. The van der Waals surface area contributed by atoms with Gasteiger partial charge in [-0.3, -0.25) is 0 Å². The fourth-order valence-corrected chi connectivity index (χ4v) is 4.48. The van der Waals surface area contributed by atoms with E-state index in [2.05, 4.69) is 12.2 Å². The highest BCUT2D eigenvalue weighted by molar-refractivity contribution is 5.90. The second-order valence-electron chi connectivity index (χ2n) is 8.44. The lowest BCUT2D eigenvalue weighted by molar-refractivity contribution is -0.132. The highest BCUT2D eigenvalue weighted by atomic mass is 19.3. The van der Waals surface area contributed by atoms with E-state index < -0.39 is 12.6 Å². The van der Waals surface area contributed by atoms with Crippen molar-refractivity contribution < 1.29 is 28.2 Å². The lowest BCUT2D eigenvalue weighted by Crippen LogP contribution is -2.28. The van der Waals surface area contributed by atoms with E-state index in [0.717, 1.165) is 31.4 Å². The van der Waals surface area contributed by atoms with Crippen LogP contribution in [0, 0.1) is 0 Å². The van der Waals surface area contributed by atoms with E-state index >= 15 is 0 Å². The van der Waals surface area contributed by atoms with Gasteiger partial charge in [0, 0.05) is 24.7 Å². The second-order valence-corrected chi connectivity index (χ2v) is 8.44. The molecule has 1 saturated carbocycles. The normalized spacial score (nSPS) is 19.8. The predicted octanol–water partition coefficient (Wildman–Crippen LogP) is 4.78. The van der Waals surface area contributed by atoms with Crippen molar-refractivity contribution in [1.82, 2.24) is 5.32 Å². The molecule has 168 valence electrons. The van der Waals surface area contributed by atoms with E-state index in [1.807, 2.05) is 18.2 Å². The zero-order valence-corrected chi connectivity index (χ0v) is 17.6. The molecule has 2 heterocycles. The fourth-order valence-electron chi connectivity index (χ4n) is 4.48. The van der Waals surface area contributed by atoms with Gasteiger partial charge in [-0.25, -0.2) is 4.79 Å². The second kappa shape index (κ2) is 8.09. The number of hydrogen-bond acceptors (Lipinski definition) is 5. The average molecular weight is 442 g/mol. The number of fused-ring (bicyclic) bond motifs is 2. The highest BCUT2D eigenvalue weighted by Crippen LogP contribution is 2.49. The number of carboxylic acid groups (broad SMARTS) is 1. The molecule has 8 heteroatoms. The number of benzene rings is 2. The highest BCUT2D eigenvalue weighted by Gasteiger charge is 2.36. The summed E-state index contributed by atoms with van der Waals surface area (Å²) in [5.74, 6) is -0.365. The number of anilines is 1. The van der Waals surface area contributed by atoms with Crippen LogP contribution in [-0.4, -0.2) is 30.3 Å². The molecule has 6 nitrogen and oxygen atoms in total. The number of ether oxygens (including phenoxy) is 2. The monoisotopic (exact) mass is 442 g/mol. The molecule has 2 aliphatic heterocycles. The summed E-state index contributed by atoms with van der Waals surface area (Å²) in [5, 5.41) is 12.9. The molecule has 0 spiro atoms.